The molecule has 2 N–H and O–H groups in total. The highest BCUT2D eigenvalue weighted by Gasteiger charge is 2.10. The number of nitrogens with zero attached hydrogens (tertiary/aromatic N) is 2. The molecule has 0 aromatic carbocycles. The first-order valence-corrected chi connectivity index (χ1v) is 6.62. The number of nitrogens with one attached hydrogen (secondary N) is 2. The van der Waals surface area contributed by atoms with Crippen molar-refractivity contribution in [2.45, 2.75) is 13.8 Å². The van der Waals surface area contributed by atoms with Crippen molar-refractivity contribution in [1.29, 1.82) is 0 Å². The number of aromatic nitrogens is 2. The van der Waals surface area contributed by atoms with Crippen molar-refractivity contribution >= 4 is 29.0 Å². The average molecular weight is 291 g/mol. The Bertz CT molecular complexity index is 630. The van der Waals surface area contributed by atoms with E-state index in [1.807, 2.05) is 13.8 Å². The molecule has 0 aliphatic heterocycles. The van der Waals surface area contributed by atoms with E-state index >= 15 is 0 Å². The second-order valence-corrected chi connectivity index (χ2v) is 4.57. The van der Waals surface area contributed by atoms with Crippen molar-refractivity contribution < 1.29 is 4.79 Å². The summed E-state index contributed by atoms with van der Waals surface area (Å²) >= 11 is 5.92. The zero-order chi connectivity index (χ0) is 14.5. The Kier molecular flexibility index (Phi) is 4.53. The fourth-order valence-electron chi connectivity index (χ4n) is 1.71. The van der Waals surface area contributed by atoms with Crippen LogP contribution in [0.1, 0.15) is 23.0 Å². The van der Waals surface area contributed by atoms with E-state index in [4.69, 9.17) is 11.6 Å². The van der Waals surface area contributed by atoms with Crippen LogP contribution in [-0.2, 0) is 0 Å². The summed E-state index contributed by atoms with van der Waals surface area (Å²) in [5, 5.41) is 6.11. The van der Waals surface area contributed by atoms with Gasteiger partial charge in [0.25, 0.3) is 5.91 Å². The number of anilines is 2. The van der Waals surface area contributed by atoms with Crippen LogP contribution in [0.15, 0.2) is 30.5 Å². The van der Waals surface area contributed by atoms with Crippen LogP contribution in [0, 0.1) is 6.92 Å². The molecule has 0 spiro atoms. The van der Waals surface area contributed by atoms with E-state index in [1.54, 1.807) is 24.4 Å². The third-order valence-electron chi connectivity index (χ3n) is 2.67. The number of carbonyl (C=O) groups is 1. The van der Waals surface area contributed by atoms with Crippen molar-refractivity contribution in [3.8, 4) is 0 Å². The minimum Gasteiger partial charge on any atom is -0.370 e. The number of hydrogen-bond acceptors (Lipinski definition) is 4. The van der Waals surface area contributed by atoms with Gasteiger partial charge in [0.05, 0.1) is 11.4 Å². The van der Waals surface area contributed by atoms with E-state index in [0.29, 0.717) is 23.6 Å². The van der Waals surface area contributed by atoms with E-state index < -0.39 is 0 Å². The topological polar surface area (TPSA) is 66.9 Å². The van der Waals surface area contributed by atoms with Gasteiger partial charge in [0.15, 0.2) is 0 Å². The van der Waals surface area contributed by atoms with Gasteiger partial charge in [-0.15, -0.1) is 0 Å². The lowest BCUT2D eigenvalue weighted by Crippen LogP contribution is -2.14. The zero-order valence-corrected chi connectivity index (χ0v) is 12.0. The van der Waals surface area contributed by atoms with Gasteiger partial charge in [0.2, 0.25) is 0 Å². The minimum atomic E-state index is -0.246. The first kappa shape index (κ1) is 14.3. The molecule has 2 aromatic rings. The number of carbonyl (C=O) groups excluding carboxylic acids is 1. The van der Waals surface area contributed by atoms with Gasteiger partial charge >= 0.3 is 0 Å². The Balaban J connectivity index is 2.23. The predicted molar refractivity (Wildman–Crippen MR) is 80.3 cm³/mol. The van der Waals surface area contributed by atoms with Crippen molar-refractivity contribution in [2.24, 2.45) is 0 Å². The van der Waals surface area contributed by atoms with Gasteiger partial charge in [-0.25, -0.2) is 4.98 Å². The monoisotopic (exact) mass is 290 g/mol. The molecule has 0 saturated carbocycles. The maximum atomic E-state index is 12.2. The third kappa shape index (κ3) is 3.45. The van der Waals surface area contributed by atoms with Crippen molar-refractivity contribution in [1.82, 2.24) is 9.97 Å². The molecule has 5 nitrogen and oxygen atoms in total. The molecule has 2 aromatic heterocycles. The van der Waals surface area contributed by atoms with Gasteiger partial charge < -0.3 is 10.6 Å². The van der Waals surface area contributed by atoms with E-state index in [-0.39, 0.29) is 11.1 Å². The minimum absolute atomic E-state index is 0.246. The number of hydrogen-bond donors (Lipinski definition) is 2. The summed E-state index contributed by atoms with van der Waals surface area (Å²) in [5.74, 6) is 0.331. The Morgan fingerprint density at radius 3 is 2.90 bits per heavy atom. The molecule has 1 amide bonds. The third-order valence-corrected chi connectivity index (χ3v) is 2.86. The lowest BCUT2D eigenvalue weighted by Gasteiger charge is -2.09. The number of amides is 1. The number of aryl methyl sites for hydroxylation is 1. The summed E-state index contributed by atoms with van der Waals surface area (Å²) in [4.78, 5) is 20.4. The smallest absolute Gasteiger partial charge is 0.255 e. The van der Waals surface area contributed by atoms with Crippen LogP contribution >= 0.6 is 11.6 Å². The molecule has 2 rings (SSSR count). The zero-order valence-electron chi connectivity index (χ0n) is 11.3. The first-order chi connectivity index (χ1) is 9.60. The molecule has 0 bridgehead atoms. The predicted octanol–water partition coefficient (Wildman–Crippen LogP) is 3.12. The van der Waals surface area contributed by atoms with E-state index in [0.717, 1.165) is 5.69 Å². The highest BCUT2D eigenvalue weighted by molar-refractivity contribution is 6.30. The van der Waals surface area contributed by atoms with Crippen LogP contribution in [0.2, 0.25) is 5.15 Å². The molecule has 6 heteroatoms. The largest absolute Gasteiger partial charge is 0.370 e. The summed E-state index contributed by atoms with van der Waals surface area (Å²) in [6.45, 7) is 4.48. The lowest BCUT2D eigenvalue weighted by molar-refractivity contribution is 0.102. The number of rotatable bonds is 4. The SMILES string of the molecule is CCNc1cc(C(=O)Nc2cccnc2C)cc(Cl)n1. The second-order valence-electron chi connectivity index (χ2n) is 4.18. The van der Waals surface area contributed by atoms with Crippen LogP contribution in [-0.4, -0.2) is 22.4 Å². The summed E-state index contributed by atoms with van der Waals surface area (Å²) in [6.07, 6.45) is 1.68. The molecule has 0 fully saturated rings. The summed E-state index contributed by atoms with van der Waals surface area (Å²) in [6, 6.07) is 6.76. The van der Waals surface area contributed by atoms with Gasteiger partial charge in [0, 0.05) is 18.3 Å². The van der Waals surface area contributed by atoms with Gasteiger partial charge in [-0.1, -0.05) is 11.6 Å². The highest BCUT2D eigenvalue weighted by Crippen LogP contribution is 2.17. The van der Waals surface area contributed by atoms with Crippen LogP contribution in [0.25, 0.3) is 0 Å². The van der Waals surface area contributed by atoms with Gasteiger partial charge in [-0.3, -0.25) is 9.78 Å². The summed E-state index contributed by atoms with van der Waals surface area (Å²) in [7, 11) is 0. The van der Waals surface area contributed by atoms with Gasteiger partial charge in [0.1, 0.15) is 11.0 Å². The molecule has 2 heterocycles. The Morgan fingerprint density at radius 2 is 2.20 bits per heavy atom. The maximum absolute atomic E-state index is 12.2. The Morgan fingerprint density at radius 1 is 1.40 bits per heavy atom. The molecule has 0 saturated heterocycles. The molecule has 0 unspecified atom stereocenters. The van der Waals surface area contributed by atoms with E-state index in [2.05, 4.69) is 20.6 Å². The molecule has 0 atom stereocenters. The molecule has 0 aliphatic rings. The molecule has 104 valence electrons. The molecular formula is C14H15ClN4O. The van der Waals surface area contributed by atoms with Crippen LogP contribution in [0.3, 0.4) is 0 Å². The maximum Gasteiger partial charge on any atom is 0.255 e. The fourth-order valence-corrected chi connectivity index (χ4v) is 1.92. The second kappa shape index (κ2) is 6.34. The highest BCUT2D eigenvalue weighted by atomic mass is 35.5. The van der Waals surface area contributed by atoms with E-state index in [1.165, 1.54) is 6.07 Å². The normalized spacial score (nSPS) is 10.2. The van der Waals surface area contributed by atoms with E-state index in [9.17, 15) is 4.79 Å². The van der Waals surface area contributed by atoms with Crippen molar-refractivity contribution in [3.63, 3.8) is 0 Å². The van der Waals surface area contributed by atoms with Crippen LogP contribution in [0.5, 0.6) is 0 Å². The van der Waals surface area contributed by atoms with Crippen LogP contribution in [0.4, 0.5) is 11.5 Å². The summed E-state index contributed by atoms with van der Waals surface area (Å²) in [5.41, 5.74) is 1.88. The molecule has 0 aliphatic carbocycles. The average Bonchev–Trinajstić information content (AvgIpc) is 2.41. The molecule has 0 radical (unpaired) electrons. The fraction of sp³-hybridized carbons (Fsp3) is 0.214. The Hall–Kier alpha value is -2.14. The van der Waals surface area contributed by atoms with Crippen molar-refractivity contribution in [2.75, 3.05) is 17.2 Å². The summed E-state index contributed by atoms with van der Waals surface area (Å²) < 4.78 is 0. The quantitative estimate of drug-likeness (QED) is 0.849. The number of pyridine rings is 2. The lowest BCUT2D eigenvalue weighted by atomic mass is 10.2. The standard InChI is InChI=1S/C14H15ClN4O/c1-3-16-13-8-10(7-12(15)19-13)14(20)18-11-5-4-6-17-9(11)2/h4-8H,3H2,1-2H3,(H,16,19)(H,18,20). The van der Waals surface area contributed by atoms with Gasteiger partial charge in [-0.05, 0) is 38.1 Å². The molecule has 20 heavy (non-hydrogen) atoms. The van der Waals surface area contributed by atoms with Crippen LogP contribution < -0.4 is 10.6 Å². The first-order valence-electron chi connectivity index (χ1n) is 6.24. The number of halogens is 1. The molecular weight excluding hydrogens is 276 g/mol. The Labute approximate surface area is 122 Å². The van der Waals surface area contributed by atoms with Gasteiger partial charge in [-0.2, -0.15) is 0 Å². The van der Waals surface area contributed by atoms with Crippen molar-refractivity contribution in [3.05, 3.63) is 46.9 Å².